The van der Waals surface area contributed by atoms with E-state index in [1.165, 1.54) is 6.92 Å². The topological polar surface area (TPSA) is 102 Å². The van der Waals surface area contributed by atoms with E-state index < -0.39 is 41.0 Å². The zero-order valence-electron chi connectivity index (χ0n) is 10.9. The fourth-order valence-corrected chi connectivity index (χ4v) is 3.48. The number of hydrogen-bond donors (Lipinski definition) is 2. The molecule has 2 N–H and O–H groups in total. The van der Waals surface area contributed by atoms with Crippen molar-refractivity contribution in [3.8, 4) is 0 Å². The molecule has 0 saturated heterocycles. The Bertz CT molecular complexity index is 381. The van der Waals surface area contributed by atoms with Gasteiger partial charge in [0.05, 0.1) is 6.61 Å². The van der Waals surface area contributed by atoms with Gasteiger partial charge in [-0.1, -0.05) is 19.8 Å². The molecule has 122 valence electrons. The maximum Gasteiger partial charge on any atom is 0.484 e. The summed E-state index contributed by atoms with van der Waals surface area (Å²) in [6.07, 6.45) is -7.34. The molecule has 0 fully saturated rings. The van der Waals surface area contributed by atoms with Gasteiger partial charge in [-0.05, 0) is 13.3 Å². The monoisotopic (exact) mass is 344 g/mol. The quantitative estimate of drug-likeness (QED) is 0.618. The molecule has 20 heavy (non-hydrogen) atoms. The second-order valence-corrected chi connectivity index (χ2v) is 6.71. The summed E-state index contributed by atoms with van der Waals surface area (Å²) in [5, 5.41) is 0. The van der Waals surface area contributed by atoms with Crippen LogP contribution in [0.2, 0.25) is 0 Å². The summed E-state index contributed by atoms with van der Waals surface area (Å²) in [5.74, 6) is 0. The first kappa shape index (κ1) is 20.1. The minimum atomic E-state index is -5.33. The lowest BCUT2D eigenvalue weighted by molar-refractivity contribution is -0.201. The van der Waals surface area contributed by atoms with Crippen LogP contribution in [0.5, 0.6) is 0 Å². The van der Waals surface area contributed by atoms with Crippen molar-refractivity contribution in [3.63, 3.8) is 0 Å². The van der Waals surface area contributed by atoms with Crippen LogP contribution >= 0.6 is 15.6 Å². The molecular weight excluding hydrogens is 327 g/mol. The van der Waals surface area contributed by atoms with E-state index in [0.717, 1.165) is 0 Å². The lowest BCUT2D eigenvalue weighted by atomic mass is 10.1. The van der Waals surface area contributed by atoms with E-state index in [1.54, 1.807) is 6.92 Å². The summed E-state index contributed by atoms with van der Waals surface area (Å²) in [7, 11) is -10.3. The minimum absolute atomic E-state index is 0.117. The average Bonchev–Trinajstić information content (AvgIpc) is 2.20. The third-order valence-electron chi connectivity index (χ3n) is 1.93. The van der Waals surface area contributed by atoms with Crippen LogP contribution < -0.4 is 0 Å². The number of halogens is 3. The molecule has 0 radical (unpaired) electrons. The van der Waals surface area contributed by atoms with Gasteiger partial charge in [-0.15, -0.1) is 0 Å². The van der Waals surface area contributed by atoms with Gasteiger partial charge in [0.1, 0.15) is 0 Å². The zero-order valence-corrected chi connectivity index (χ0v) is 12.7. The lowest BCUT2D eigenvalue weighted by Gasteiger charge is -2.25. The highest BCUT2D eigenvalue weighted by atomic mass is 31.3. The number of hydrogen-bond acceptors (Lipinski definition) is 5. The molecule has 0 aromatic carbocycles. The molecule has 0 aromatic rings. The van der Waals surface area contributed by atoms with Crippen molar-refractivity contribution in [3.05, 3.63) is 0 Å². The first-order chi connectivity index (χ1) is 8.93. The SMILES string of the molecule is CCCCC(OP(=O)(OCC)OP(=O)(O)O)C(F)(F)F. The summed E-state index contributed by atoms with van der Waals surface area (Å²) >= 11 is 0. The van der Waals surface area contributed by atoms with Crippen molar-refractivity contribution in [2.45, 2.75) is 45.4 Å². The molecule has 2 atom stereocenters. The number of phosphoric acid groups is 2. The van der Waals surface area contributed by atoms with Crippen LogP contribution in [-0.2, 0) is 22.5 Å². The van der Waals surface area contributed by atoms with Gasteiger partial charge < -0.3 is 9.79 Å². The van der Waals surface area contributed by atoms with E-state index in [2.05, 4.69) is 13.4 Å². The molecule has 0 aliphatic carbocycles. The second kappa shape index (κ2) is 7.89. The maximum atomic E-state index is 12.7. The Morgan fingerprint density at radius 3 is 2.10 bits per heavy atom. The molecular formula is C8H17F3O7P2. The molecule has 7 nitrogen and oxygen atoms in total. The lowest BCUT2D eigenvalue weighted by Crippen LogP contribution is -2.31. The predicted octanol–water partition coefficient (Wildman–Crippen LogP) is 3.38. The van der Waals surface area contributed by atoms with Crippen molar-refractivity contribution >= 4 is 15.6 Å². The van der Waals surface area contributed by atoms with Crippen LogP contribution in [0.15, 0.2) is 0 Å². The summed E-state index contributed by atoms with van der Waals surface area (Å²) in [6.45, 7) is 2.49. The van der Waals surface area contributed by atoms with Crippen molar-refractivity contribution in [1.29, 1.82) is 0 Å². The van der Waals surface area contributed by atoms with Crippen LogP contribution in [0.4, 0.5) is 13.2 Å². The molecule has 0 aliphatic heterocycles. The van der Waals surface area contributed by atoms with Crippen LogP contribution in [0.1, 0.15) is 33.1 Å². The molecule has 0 heterocycles. The van der Waals surface area contributed by atoms with Gasteiger partial charge in [-0.3, -0.25) is 9.05 Å². The van der Waals surface area contributed by atoms with Crippen molar-refractivity contribution < 1.29 is 45.4 Å². The Balaban J connectivity index is 5.08. The van der Waals surface area contributed by atoms with Crippen LogP contribution in [0.3, 0.4) is 0 Å². The summed E-state index contributed by atoms with van der Waals surface area (Å²) in [6, 6.07) is 0. The number of rotatable bonds is 9. The normalized spacial score (nSPS) is 17.8. The molecule has 0 aromatic heterocycles. The van der Waals surface area contributed by atoms with Crippen LogP contribution in [0, 0.1) is 0 Å². The van der Waals surface area contributed by atoms with Gasteiger partial charge in [-0.2, -0.15) is 17.5 Å². The fraction of sp³-hybridized carbons (Fsp3) is 1.00. The van der Waals surface area contributed by atoms with Gasteiger partial charge in [-0.25, -0.2) is 9.13 Å². The number of phosphoric ester groups is 1. The van der Waals surface area contributed by atoms with Crippen LogP contribution in [-0.4, -0.2) is 28.7 Å². The van der Waals surface area contributed by atoms with E-state index in [4.69, 9.17) is 9.79 Å². The highest BCUT2D eigenvalue weighted by Gasteiger charge is 2.47. The summed E-state index contributed by atoms with van der Waals surface area (Å²) in [4.78, 5) is 17.1. The van der Waals surface area contributed by atoms with Gasteiger partial charge in [0, 0.05) is 0 Å². The van der Waals surface area contributed by atoms with E-state index in [1.807, 2.05) is 0 Å². The molecule has 0 saturated carbocycles. The largest absolute Gasteiger partial charge is 0.484 e. The first-order valence-corrected chi connectivity index (χ1v) is 8.69. The number of alkyl halides is 3. The minimum Gasteiger partial charge on any atom is -0.302 e. The number of unbranched alkanes of at least 4 members (excludes halogenated alkanes) is 1. The average molecular weight is 344 g/mol. The predicted molar refractivity (Wildman–Crippen MR) is 62.8 cm³/mol. The Labute approximate surface area is 114 Å². The van der Waals surface area contributed by atoms with Crippen molar-refractivity contribution in [2.24, 2.45) is 0 Å². The molecule has 0 rings (SSSR count). The smallest absolute Gasteiger partial charge is 0.302 e. The maximum absolute atomic E-state index is 12.7. The second-order valence-electron chi connectivity index (χ2n) is 3.72. The fourth-order valence-electron chi connectivity index (χ4n) is 1.18. The van der Waals surface area contributed by atoms with E-state index in [0.29, 0.717) is 6.42 Å². The Hall–Kier alpha value is 0.0500. The van der Waals surface area contributed by atoms with Gasteiger partial charge in [0.2, 0.25) is 0 Å². The van der Waals surface area contributed by atoms with Gasteiger partial charge >= 0.3 is 21.8 Å². The van der Waals surface area contributed by atoms with Gasteiger partial charge in [0.25, 0.3) is 0 Å². The molecule has 2 unspecified atom stereocenters. The van der Waals surface area contributed by atoms with Gasteiger partial charge in [0.15, 0.2) is 6.10 Å². The highest BCUT2D eigenvalue weighted by Crippen LogP contribution is 2.62. The Morgan fingerprint density at radius 1 is 1.20 bits per heavy atom. The van der Waals surface area contributed by atoms with Crippen LogP contribution in [0.25, 0.3) is 0 Å². The summed E-state index contributed by atoms with van der Waals surface area (Å²) < 4.78 is 72.8. The molecule has 0 amide bonds. The highest BCUT2D eigenvalue weighted by molar-refractivity contribution is 7.61. The Kier molecular flexibility index (Phi) is 7.91. The molecule has 0 spiro atoms. The van der Waals surface area contributed by atoms with E-state index in [-0.39, 0.29) is 6.42 Å². The summed E-state index contributed by atoms with van der Waals surface area (Å²) in [5.41, 5.74) is 0. The van der Waals surface area contributed by atoms with E-state index in [9.17, 15) is 22.3 Å². The zero-order chi connectivity index (χ0) is 16.0. The third-order valence-corrected chi connectivity index (χ3v) is 4.67. The molecule has 12 heteroatoms. The standard InChI is InChI=1S/C8H17F3O7P2/c1-3-5-6-7(8(9,10)11)17-20(15,16-4-2)18-19(12,13)14/h7H,3-6H2,1-2H3,(H2,12,13,14). The first-order valence-electron chi connectivity index (χ1n) is 5.70. The molecule has 0 bridgehead atoms. The van der Waals surface area contributed by atoms with Crippen molar-refractivity contribution in [1.82, 2.24) is 0 Å². The third kappa shape index (κ3) is 8.36. The van der Waals surface area contributed by atoms with Crippen molar-refractivity contribution in [2.75, 3.05) is 6.61 Å². The molecule has 0 aliphatic rings. The van der Waals surface area contributed by atoms with E-state index >= 15 is 0 Å². The Morgan fingerprint density at radius 2 is 1.75 bits per heavy atom.